The van der Waals surface area contributed by atoms with E-state index in [1.54, 1.807) is 34.3 Å². The Labute approximate surface area is 131 Å². The minimum Gasteiger partial charge on any atom is -0.359 e. The maximum Gasteiger partial charge on any atom is 0.259 e. The summed E-state index contributed by atoms with van der Waals surface area (Å²) in [5, 5.41) is 4.44. The van der Waals surface area contributed by atoms with Gasteiger partial charge in [-0.25, -0.2) is 9.38 Å². The fraction of sp³-hybridized carbons (Fsp3) is 0.267. The highest BCUT2D eigenvalue weighted by atomic mass is 32.1. The molecular formula is C15H15N5OS. The van der Waals surface area contributed by atoms with Crippen LogP contribution in [0.2, 0.25) is 0 Å². The van der Waals surface area contributed by atoms with E-state index in [0.29, 0.717) is 0 Å². The van der Waals surface area contributed by atoms with E-state index < -0.39 is 0 Å². The molecule has 6 nitrogen and oxygen atoms in total. The van der Waals surface area contributed by atoms with Gasteiger partial charge in [-0.05, 0) is 12.1 Å². The summed E-state index contributed by atoms with van der Waals surface area (Å²) in [4.78, 5) is 24.0. The molecule has 0 saturated carbocycles. The van der Waals surface area contributed by atoms with Gasteiger partial charge in [0, 0.05) is 56.4 Å². The van der Waals surface area contributed by atoms with Crippen LogP contribution in [0, 0.1) is 0 Å². The number of thiazole rings is 1. The molecule has 112 valence electrons. The van der Waals surface area contributed by atoms with Crippen LogP contribution in [0.1, 0.15) is 0 Å². The number of piperazine rings is 1. The summed E-state index contributed by atoms with van der Waals surface area (Å²) in [5.74, 6) is 0. The monoisotopic (exact) mass is 313 g/mol. The third-order valence-electron chi connectivity index (χ3n) is 3.77. The highest BCUT2D eigenvalue weighted by Crippen LogP contribution is 2.37. The summed E-state index contributed by atoms with van der Waals surface area (Å²) in [7, 11) is 0. The fourth-order valence-corrected chi connectivity index (χ4v) is 3.91. The second-order valence-corrected chi connectivity index (χ2v) is 6.09. The minimum absolute atomic E-state index is 0.0542. The number of rotatable bonds is 2. The Morgan fingerprint density at radius 1 is 1.18 bits per heavy atom. The van der Waals surface area contributed by atoms with Crippen molar-refractivity contribution >= 4 is 21.3 Å². The Kier molecular flexibility index (Phi) is 3.36. The highest BCUT2D eigenvalue weighted by Gasteiger charge is 2.22. The van der Waals surface area contributed by atoms with Crippen molar-refractivity contribution in [3.05, 3.63) is 47.1 Å². The van der Waals surface area contributed by atoms with E-state index in [2.05, 4.69) is 20.2 Å². The number of nitrogens with zero attached hydrogens (tertiary/aromatic N) is 4. The highest BCUT2D eigenvalue weighted by molar-refractivity contribution is 7.21. The number of aromatic nitrogens is 3. The number of fused-ring (bicyclic) bond motifs is 1. The molecule has 0 radical (unpaired) electrons. The van der Waals surface area contributed by atoms with Gasteiger partial charge in [0.1, 0.15) is 5.00 Å². The lowest BCUT2D eigenvalue weighted by Gasteiger charge is -2.28. The summed E-state index contributed by atoms with van der Waals surface area (Å²) in [6.45, 7) is 3.75. The molecule has 1 fully saturated rings. The maximum atomic E-state index is 12.3. The lowest BCUT2D eigenvalue weighted by atomic mass is 10.2. The number of nitrogens with one attached hydrogen (secondary N) is 1. The van der Waals surface area contributed by atoms with E-state index in [1.165, 1.54) is 6.07 Å². The standard InChI is InChI=1S/C15H15N5OS/c21-12-3-5-18-15-20(12)13(11-2-1-4-17-10-11)14(22-15)19-8-6-16-7-9-19/h1-5,10,16H,6-9H2. The molecular weight excluding hydrogens is 298 g/mol. The zero-order valence-electron chi connectivity index (χ0n) is 11.9. The second-order valence-electron chi connectivity index (χ2n) is 5.14. The molecule has 0 spiro atoms. The van der Waals surface area contributed by atoms with Crippen LogP contribution in [0.4, 0.5) is 5.00 Å². The van der Waals surface area contributed by atoms with Gasteiger partial charge in [0.2, 0.25) is 0 Å². The van der Waals surface area contributed by atoms with Gasteiger partial charge in [-0.3, -0.25) is 9.78 Å². The lowest BCUT2D eigenvalue weighted by Crippen LogP contribution is -2.43. The van der Waals surface area contributed by atoms with Crippen LogP contribution in [0.15, 0.2) is 41.6 Å². The fourth-order valence-electron chi connectivity index (χ4n) is 2.74. The van der Waals surface area contributed by atoms with Gasteiger partial charge in [-0.2, -0.15) is 0 Å². The van der Waals surface area contributed by atoms with Crippen molar-refractivity contribution in [3.63, 3.8) is 0 Å². The molecule has 0 atom stereocenters. The minimum atomic E-state index is -0.0542. The van der Waals surface area contributed by atoms with Crippen LogP contribution in [0.25, 0.3) is 16.2 Å². The summed E-state index contributed by atoms with van der Waals surface area (Å²) in [6, 6.07) is 5.38. The van der Waals surface area contributed by atoms with E-state index in [9.17, 15) is 4.79 Å². The van der Waals surface area contributed by atoms with Crippen molar-refractivity contribution in [2.45, 2.75) is 0 Å². The Hall–Kier alpha value is -2.25. The van der Waals surface area contributed by atoms with Gasteiger partial charge < -0.3 is 10.2 Å². The largest absolute Gasteiger partial charge is 0.359 e. The first kappa shape index (κ1) is 13.4. The average Bonchev–Trinajstić information content (AvgIpc) is 2.97. The predicted octanol–water partition coefficient (Wildman–Crippen LogP) is 1.23. The smallest absolute Gasteiger partial charge is 0.259 e. The van der Waals surface area contributed by atoms with Gasteiger partial charge in [0.05, 0.1) is 5.69 Å². The molecule has 0 aliphatic carbocycles. The quantitative estimate of drug-likeness (QED) is 0.771. The zero-order chi connectivity index (χ0) is 14.9. The number of anilines is 1. The van der Waals surface area contributed by atoms with Crippen molar-refractivity contribution in [2.75, 3.05) is 31.1 Å². The van der Waals surface area contributed by atoms with Crippen molar-refractivity contribution in [1.29, 1.82) is 0 Å². The molecule has 22 heavy (non-hydrogen) atoms. The van der Waals surface area contributed by atoms with E-state index in [0.717, 1.165) is 47.4 Å². The Morgan fingerprint density at radius 2 is 2.05 bits per heavy atom. The molecule has 1 saturated heterocycles. The third kappa shape index (κ3) is 2.18. The third-order valence-corrected chi connectivity index (χ3v) is 4.88. The molecule has 0 bridgehead atoms. The Morgan fingerprint density at radius 3 is 2.82 bits per heavy atom. The first-order valence-electron chi connectivity index (χ1n) is 7.21. The van der Waals surface area contributed by atoms with Crippen LogP contribution in [-0.4, -0.2) is 40.5 Å². The summed E-state index contributed by atoms with van der Waals surface area (Å²) >= 11 is 1.56. The van der Waals surface area contributed by atoms with Crippen LogP contribution >= 0.6 is 11.3 Å². The summed E-state index contributed by atoms with van der Waals surface area (Å²) in [6.07, 6.45) is 5.11. The number of hydrogen-bond donors (Lipinski definition) is 1. The molecule has 1 aliphatic heterocycles. The first-order chi connectivity index (χ1) is 10.8. The summed E-state index contributed by atoms with van der Waals surface area (Å²) < 4.78 is 1.69. The Balaban J connectivity index is 1.99. The van der Waals surface area contributed by atoms with E-state index in [-0.39, 0.29) is 5.56 Å². The van der Waals surface area contributed by atoms with Crippen molar-refractivity contribution in [2.24, 2.45) is 0 Å². The molecule has 0 aromatic carbocycles. The molecule has 1 aliphatic rings. The zero-order valence-corrected chi connectivity index (χ0v) is 12.7. The maximum absolute atomic E-state index is 12.3. The van der Waals surface area contributed by atoms with E-state index >= 15 is 0 Å². The molecule has 0 amide bonds. The molecule has 3 aromatic rings. The normalized spacial score (nSPS) is 15.4. The van der Waals surface area contributed by atoms with Gasteiger partial charge in [-0.15, -0.1) is 0 Å². The van der Waals surface area contributed by atoms with Crippen molar-refractivity contribution in [3.8, 4) is 11.3 Å². The molecule has 7 heteroatoms. The molecule has 0 unspecified atom stereocenters. The first-order valence-corrected chi connectivity index (χ1v) is 8.03. The van der Waals surface area contributed by atoms with Crippen LogP contribution < -0.4 is 15.8 Å². The van der Waals surface area contributed by atoms with Gasteiger partial charge >= 0.3 is 0 Å². The van der Waals surface area contributed by atoms with Gasteiger partial charge in [-0.1, -0.05) is 11.3 Å². The number of hydrogen-bond acceptors (Lipinski definition) is 6. The lowest BCUT2D eigenvalue weighted by molar-refractivity contribution is 0.592. The SMILES string of the molecule is O=c1ccnc2sc(N3CCNCC3)c(-c3cccnc3)n12. The van der Waals surface area contributed by atoms with Gasteiger partial charge in [0.25, 0.3) is 5.56 Å². The van der Waals surface area contributed by atoms with E-state index in [1.807, 2.05) is 12.1 Å². The molecule has 4 rings (SSSR count). The molecule has 4 heterocycles. The van der Waals surface area contributed by atoms with Crippen molar-refractivity contribution < 1.29 is 0 Å². The number of pyridine rings is 1. The molecule has 1 N–H and O–H groups in total. The van der Waals surface area contributed by atoms with Crippen LogP contribution in [0.3, 0.4) is 0 Å². The van der Waals surface area contributed by atoms with Crippen LogP contribution in [-0.2, 0) is 0 Å². The predicted molar refractivity (Wildman–Crippen MR) is 87.7 cm³/mol. The van der Waals surface area contributed by atoms with Gasteiger partial charge in [0.15, 0.2) is 4.96 Å². The summed E-state index contributed by atoms with van der Waals surface area (Å²) in [5.41, 5.74) is 1.78. The second kappa shape index (κ2) is 5.51. The van der Waals surface area contributed by atoms with E-state index in [4.69, 9.17) is 0 Å². The average molecular weight is 313 g/mol. The topological polar surface area (TPSA) is 62.5 Å². The molecule has 3 aromatic heterocycles. The van der Waals surface area contributed by atoms with Crippen LogP contribution in [0.5, 0.6) is 0 Å². The Bertz CT molecular complexity index is 851. The van der Waals surface area contributed by atoms with Crippen molar-refractivity contribution in [1.82, 2.24) is 19.7 Å².